The Bertz CT molecular complexity index is 555. The summed E-state index contributed by atoms with van der Waals surface area (Å²) in [5.74, 6) is -1.83. The number of nitrogens with one attached hydrogen (secondary N) is 1. The van der Waals surface area contributed by atoms with Gasteiger partial charge in [-0.3, -0.25) is 10.1 Å². The number of esters is 1. The van der Waals surface area contributed by atoms with Crippen LogP contribution in [-0.2, 0) is 4.74 Å². The maximum atomic E-state index is 13.6. The second-order valence-corrected chi connectivity index (χ2v) is 4.78. The van der Waals surface area contributed by atoms with Crippen LogP contribution in [0.4, 0.5) is 15.8 Å². The molecule has 1 aromatic rings. The number of carbonyl (C=O) groups excluding carboxylic acids is 1. The summed E-state index contributed by atoms with van der Waals surface area (Å²) in [5, 5.41) is 13.9. The maximum absolute atomic E-state index is 13.6. The first kappa shape index (κ1) is 13.3. The first-order chi connectivity index (χ1) is 8.86. The summed E-state index contributed by atoms with van der Waals surface area (Å²) in [6, 6.07) is 1.86. The number of rotatable bonds is 4. The Morgan fingerprint density at radius 2 is 2.16 bits per heavy atom. The third-order valence-electron chi connectivity index (χ3n) is 3.12. The minimum Gasteiger partial charge on any atom is -0.465 e. The molecular formula is C12H13FN2O4. The quantitative estimate of drug-likeness (QED) is 0.515. The van der Waals surface area contributed by atoms with E-state index in [9.17, 15) is 19.3 Å². The van der Waals surface area contributed by atoms with E-state index in [1.807, 2.05) is 6.92 Å². The van der Waals surface area contributed by atoms with Crippen molar-refractivity contribution < 1.29 is 18.8 Å². The van der Waals surface area contributed by atoms with Gasteiger partial charge in [0.25, 0.3) is 5.69 Å². The molecule has 0 aliphatic heterocycles. The molecule has 0 aromatic heterocycles. The molecule has 1 aliphatic carbocycles. The molecule has 2 rings (SSSR count). The first-order valence-electron chi connectivity index (χ1n) is 5.71. The van der Waals surface area contributed by atoms with Crippen LogP contribution in [-0.4, -0.2) is 23.5 Å². The van der Waals surface area contributed by atoms with E-state index >= 15 is 0 Å². The monoisotopic (exact) mass is 268 g/mol. The number of anilines is 1. The zero-order valence-electron chi connectivity index (χ0n) is 10.5. The van der Waals surface area contributed by atoms with E-state index in [4.69, 9.17) is 0 Å². The molecule has 19 heavy (non-hydrogen) atoms. The van der Waals surface area contributed by atoms with Gasteiger partial charge >= 0.3 is 5.97 Å². The van der Waals surface area contributed by atoms with Crippen molar-refractivity contribution in [2.45, 2.75) is 25.3 Å². The number of nitro benzene ring substituents is 1. The van der Waals surface area contributed by atoms with Gasteiger partial charge in [-0.2, -0.15) is 0 Å². The maximum Gasteiger partial charge on any atom is 0.340 e. The molecule has 0 radical (unpaired) electrons. The molecule has 0 bridgehead atoms. The van der Waals surface area contributed by atoms with E-state index in [1.54, 1.807) is 0 Å². The van der Waals surface area contributed by atoms with Crippen molar-refractivity contribution in [3.63, 3.8) is 0 Å². The molecule has 0 amide bonds. The van der Waals surface area contributed by atoms with Gasteiger partial charge in [0, 0.05) is 5.54 Å². The fraction of sp³-hybridized carbons (Fsp3) is 0.417. The minimum atomic E-state index is -0.968. The molecule has 1 N–H and O–H groups in total. The van der Waals surface area contributed by atoms with Gasteiger partial charge in [-0.1, -0.05) is 0 Å². The summed E-state index contributed by atoms with van der Waals surface area (Å²) in [4.78, 5) is 21.6. The Labute approximate surface area is 108 Å². The molecular weight excluding hydrogens is 255 g/mol. The van der Waals surface area contributed by atoms with E-state index in [0.717, 1.165) is 32.1 Å². The molecule has 0 unspecified atom stereocenters. The van der Waals surface area contributed by atoms with Crippen molar-refractivity contribution >= 4 is 17.3 Å². The predicted molar refractivity (Wildman–Crippen MR) is 65.7 cm³/mol. The normalized spacial score (nSPS) is 15.7. The molecule has 7 heteroatoms. The average Bonchev–Trinajstić information content (AvgIpc) is 3.07. The number of nitrogens with zero attached hydrogens (tertiary/aromatic N) is 1. The fourth-order valence-electron chi connectivity index (χ4n) is 1.72. The van der Waals surface area contributed by atoms with E-state index < -0.39 is 22.4 Å². The highest BCUT2D eigenvalue weighted by molar-refractivity contribution is 5.92. The SMILES string of the molecule is COC(=O)c1cc(NC2(C)CC2)c([N+](=O)[O-])cc1F. The summed E-state index contributed by atoms with van der Waals surface area (Å²) in [7, 11) is 1.12. The van der Waals surface area contributed by atoms with E-state index in [0.29, 0.717) is 0 Å². The van der Waals surface area contributed by atoms with Crippen LogP contribution < -0.4 is 5.32 Å². The van der Waals surface area contributed by atoms with Gasteiger partial charge in [0.2, 0.25) is 0 Å². The van der Waals surface area contributed by atoms with Gasteiger partial charge in [0.15, 0.2) is 0 Å². The van der Waals surface area contributed by atoms with Gasteiger partial charge in [0.05, 0.1) is 23.7 Å². The van der Waals surface area contributed by atoms with Crippen LogP contribution in [0.15, 0.2) is 12.1 Å². The molecule has 1 saturated carbocycles. The smallest absolute Gasteiger partial charge is 0.340 e. The number of hydrogen-bond donors (Lipinski definition) is 1. The van der Waals surface area contributed by atoms with Gasteiger partial charge < -0.3 is 10.1 Å². The second-order valence-electron chi connectivity index (χ2n) is 4.78. The molecule has 0 saturated heterocycles. The van der Waals surface area contributed by atoms with Gasteiger partial charge in [0.1, 0.15) is 11.5 Å². The molecule has 0 atom stereocenters. The summed E-state index contributed by atoms with van der Waals surface area (Å²) >= 11 is 0. The molecule has 6 nitrogen and oxygen atoms in total. The van der Waals surface area contributed by atoms with E-state index in [-0.39, 0.29) is 16.8 Å². The molecule has 1 fully saturated rings. The predicted octanol–water partition coefficient (Wildman–Crippen LogP) is 2.48. The van der Waals surface area contributed by atoms with Crippen molar-refractivity contribution in [1.29, 1.82) is 0 Å². The zero-order chi connectivity index (χ0) is 14.2. The molecule has 1 aliphatic rings. The number of ether oxygens (including phenoxy) is 1. The Morgan fingerprint density at radius 1 is 1.53 bits per heavy atom. The Hall–Kier alpha value is -2.18. The lowest BCUT2D eigenvalue weighted by molar-refractivity contribution is -0.384. The van der Waals surface area contributed by atoms with Crippen molar-refractivity contribution in [1.82, 2.24) is 0 Å². The highest BCUT2D eigenvalue weighted by Gasteiger charge is 2.39. The van der Waals surface area contributed by atoms with Gasteiger partial charge in [-0.05, 0) is 25.8 Å². The zero-order valence-corrected chi connectivity index (χ0v) is 10.5. The number of benzene rings is 1. The first-order valence-corrected chi connectivity index (χ1v) is 5.71. The lowest BCUT2D eigenvalue weighted by atomic mass is 10.1. The van der Waals surface area contributed by atoms with Crippen molar-refractivity contribution in [3.05, 3.63) is 33.6 Å². The van der Waals surface area contributed by atoms with Gasteiger partial charge in [-0.15, -0.1) is 0 Å². The van der Waals surface area contributed by atoms with Crippen LogP contribution >= 0.6 is 0 Å². The van der Waals surface area contributed by atoms with Crippen LogP contribution in [0.5, 0.6) is 0 Å². The average molecular weight is 268 g/mol. The third kappa shape index (κ3) is 2.64. The van der Waals surface area contributed by atoms with Crippen LogP contribution in [0.2, 0.25) is 0 Å². The Balaban J connectivity index is 2.47. The Morgan fingerprint density at radius 3 is 2.63 bits per heavy atom. The fourth-order valence-corrected chi connectivity index (χ4v) is 1.72. The van der Waals surface area contributed by atoms with Crippen molar-refractivity contribution in [2.24, 2.45) is 0 Å². The number of nitro groups is 1. The highest BCUT2D eigenvalue weighted by atomic mass is 19.1. The van der Waals surface area contributed by atoms with Crippen LogP contribution in [0, 0.1) is 15.9 Å². The summed E-state index contributed by atoms with van der Waals surface area (Å²) < 4.78 is 18.1. The largest absolute Gasteiger partial charge is 0.465 e. The van der Waals surface area contributed by atoms with E-state index in [1.165, 1.54) is 0 Å². The number of carbonyl (C=O) groups is 1. The molecule has 0 heterocycles. The third-order valence-corrected chi connectivity index (χ3v) is 3.12. The lowest BCUT2D eigenvalue weighted by Crippen LogP contribution is -2.18. The van der Waals surface area contributed by atoms with Crippen molar-refractivity contribution in [3.8, 4) is 0 Å². The number of methoxy groups -OCH3 is 1. The van der Waals surface area contributed by atoms with Crippen LogP contribution in [0.3, 0.4) is 0 Å². The Kier molecular flexibility index (Phi) is 3.13. The molecule has 1 aromatic carbocycles. The molecule has 0 spiro atoms. The van der Waals surface area contributed by atoms with E-state index in [2.05, 4.69) is 10.1 Å². The topological polar surface area (TPSA) is 81.5 Å². The second kappa shape index (κ2) is 4.49. The van der Waals surface area contributed by atoms with Gasteiger partial charge in [-0.25, -0.2) is 9.18 Å². The molecule has 102 valence electrons. The number of halogens is 1. The van der Waals surface area contributed by atoms with Crippen LogP contribution in [0.1, 0.15) is 30.1 Å². The van der Waals surface area contributed by atoms with Crippen molar-refractivity contribution in [2.75, 3.05) is 12.4 Å². The lowest BCUT2D eigenvalue weighted by Gasteiger charge is -2.14. The standard InChI is InChI=1S/C12H13FN2O4/c1-12(3-4-12)14-9-5-7(11(16)19-2)8(13)6-10(9)15(17)18/h5-6,14H,3-4H2,1-2H3. The van der Waals surface area contributed by atoms with Crippen LogP contribution in [0.25, 0.3) is 0 Å². The summed E-state index contributed by atoms with van der Waals surface area (Å²) in [5.41, 5.74) is -0.805. The summed E-state index contributed by atoms with van der Waals surface area (Å²) in [6.07, 6.45) is 1.74. The summed E-state index contributed by atoms with van der Waals surface area (Å²) in [6.45, 7) is 1.90. The number of hydrogen-bond acceptors (Lipinski definition) is 5. The highest BCUT2D eigenvalue weighted by Crippen LogP contribution is 2.41. The minimum absolute atomic E-state index is 0.131.